The molecule has 2 N–H and O–H groups in total. The summed E-state index contributed by atoms with van der Waals surface area (Å²) in [5.41, 5.74) is 1.38. The van der Waals surface area contributed by atoms with Crippen LogP contribution in [0.5, 0.6) is 0 Å². The maximum Gasteiger partial charge on any atom is 0.335 e. The summed E-state index contributed by atoms with van der Waals surface area (Å²) in [6.07, 6.45) is 5.24. The SMILES string of the molecule is CC(O)CC1CCCCCN1Cc1cccc(C(=O)O)c1. The predicted octanol–water partition coefficient (Wildman–Crippen LogP) is 2.90. The Morgan fingerprint density at radius 3 is 2.90 bits per heavy atom. The van der Waals surface area contributed by atoms with Crippen LogP contribution in [-0.4, -0.2) is 39.8 Å². The maximum absolute atomic E-state index is 11.1. The number of aromatic carboxylic acids is 1. The van der Waals surface area contributed by atoms with Crippen LogP contribution >= 0.6 is 0 Å². The summed E-state index contributed by atoms with van der Waals surface area (Å²) in [6, 6.07) is 7.56. The molecule has 0 spiro atoms. The van der Waals surface area contributed by atoms with Gasteiger partial charge < -0.3 is 10.2 Å². The number of aliphatic hydroxyl groups is 1. The fraction of sp³-hybridized carbons (Fsp3) is 0.588. The number of carbonyl (C=O) groups is 1. The Morgan fingerprint density at radius 2 is 2.19 bits per heavy atom. The topological polar surface area (TPSA) is 60.8 Å². The van der Waals surface area contributed by atoms with Crippen molar-refractivity contribution in [1.82, 2.24) is 4.90 Å². The summed E-state index contributed by atoms with van der Waals surface area (Å²) < 4.78 is 0. The summed E-state index contributed by atoms with van der Waals surface area (Å²) >= 11 is 0. The highest BCUT2D eigenvalue weighted by Gasteiger charge is 2.22. The number of hydrogen-bond donors (Lipinski definition) is 2. The zero-order chi connectivity index (χ0) is 15.2. The summed E-state index contributed by atoms with van der Waals surface area (Å²) in [6.45, 7) is 3.63. The minimum absolute atomic E-state index is 0.291. The van der Waals surface area contributed by atoms with Crippen molar-refractivity contribution in [2.24, 2.45) is 0 Å². The van der Waals surface area contributed by atoms with Crippen molar-refractivity contribution in [3.8, 4) is 0 Å². The second kappa shape index (κ2) is 7.57. The van der Waals surface area contributed by atoms with E-state index in [4.69, 9.17) is 5.11 Å². The van der Waals surface area contributed by atoms with Gasteiger partial charge in [0.2, 0.25) is 0 Å². The van der Waals surface area contributed by atoms with E-state index in [0.29, 0.717) is 11.6 Å². The van der Waals surface area contributed by atoms with E-state index in [9.17, 15) is 9.90 Å². The van der Waals surface area contributed by atoms with Crippen LogP contribution < -0.4 is 0 Å². The van der Waals surface area contributed by atoms with Gasteiger partial charge in [-0.25, -0.2) is 4.79 Å². The number of carboxylic acid groups (broad SMARTS) is 1. The molecular weight excluding hydrogens is 266 g/mol. The highest BCUT2D eigenvalue weighted by Crippen LogP contribution is 2.23. The lowest BCUT2D eigenvalue weighted by Crippen LogP contribution is -2.36. The number of benzene rings is 1. The predicted molar refractivity (Wildman–Crippen MR) is 82.4 cm³/mol. The Labute approximate surface area is 126 Å². The normalized spacial score (nSPS) is 21.7. The molecule has 1 aliphatic rings. The van der Waals surface area contributed by atoms with Crippen molar-refractivity contribution >= 4 is 5.97 Å². The van der Waals surface area contributed by atoms with Crippen molar-refractivity contribution < 1.29 is 15.0 Å². The van der Waals surface area contributed by atoms with Gasteiger partial charge in [0.05, 0.1) is 11.7 Å². The molecule has 21 heavy (non-hydrogen) atoms. The van der Waals surface area contributed by atoms with Gasteiger partial charge in [-0.05, 0) is 50.4 Å². The van der Waals surface area contributed by atoms with Gasteiger partial charge >= 0.3 is 5.97 Å². The highest BCUT2D eigenvalue weighted by molar-refractivity contribution is 5.87. The average Bonchev–Trinajstić information content (AvgIpc) is 2.64. The molecule has 0 radical (unpaired) electrons. The number of rotatable bonds is 5. The second-order valence-corrected chi connectivity index (χ2v) is 6.06. The van der Waals surface area contributed by atoms with Crippen molar-refractivity contribution in [2.45, 2.75) is 57.7 Å². The molecule has 1 heterocycles. The zero-order valence-corrected chi connectivity index (χ0v) is 12.7. The van der Waals surface area contributed by atoms with E-state index in [-0.39, 0.29) is 6.10 Å². The van der Waals surface area contributed by atoms with Crippen LogP contribution in [0.15, 0.2) is 24.3 Å². The lowest BCUT2D eigenvalue weighted by atomic mass is 10.0. The first kappa shape index (κ1) is 16.0. The largest absolute Gasteiger partial charge is 0.478 e. The third-order valence-electron chi connectivity index (χ3n) is 4.17. The number of hydrogen-bond acceptors (Lipinski definition) is 3. The molecule has 1 aromatic carbocycles. The number of nitrogens with zero attached hydrogens (tertiary/aromatic N) is 1. The van der Waals surface area contributed by atoms with Crippen molar-refractivity contribution in [3.63, 3.8) is 0 Å². The van der Waals surface area contributed by atoms with Crippen LogP contribution in [0.1, 0.15) is 54.9 Å². The van der Waals surface area contributed by atoms with Gasteiger partial charge in [0.1, 0.15) is 0 Å². The first-order chi connectivity index (χ1) is 10.1. The first-order valence-corrected chi connectivity index (χ1v) is 7.80. The van der Waals surface area contributed by atoms with Crippen molar-refractivity contribution in [1.29, 1.82) is 0 Å². The van der Waals surface area contributed by atoms with E-state index < -0.39 is 5.97 Å². The van der Waals surface area contributed by atoms with Gasteiger partial charge in [-0.3, -0.25) is 4.90 Å². The van der Waals surface area contributed by atoms with E-state index in [1.54, 1.807) is 18.2 Å². The molecule has 0 bridgehead atoms. The lowest BCUT2D eigenvalue weighted by molar-refractivity contribution is 0.0696. The first-order valence-electron chi connectivity index (χ1n) is 7.80. The van der Waals surface area contributed by atoms with Crippen LogP contribution in [0.25, 0.3) is 0 Å². The van der Waals surface area contributed by atoms with E-state index >= 15 is 0 Å². The highest BCUT2D eigenvalue weighted by atomic mass is 16.4. The molecule has 0 saturated carbocycles. The molecule has 4 heteroatoms. The standard InChI is InChI=1S/C17H25NO3/c1-13(19)10-16-8-3-2-4-9-18(16)12-14-6-5-7-15(11-14)17(20)21/h5-7,11,13,16,19H,2-4,8-10,12H2,1H3,(H,20,21). The van der Waals surface area contributed by atoms with Crippen LogP contribution in [0, 0.1) is 0 Å². The van der Waals surface area contributed by atoms with E-state index in [1.165, 1.54) is 19.3 Å². The van der Waals surface area contributed by atoms with Crippen LogP contribution in [0.3, 0.4) is 0 Å². The molecule has 2 rings (SSSR count). The van der Waals surface area contributed by atoms with E-state index in [2.05, 4.69) is 4.90 Å². The molecular formula is C17H25NO3. The molecule has 0 aliphatic carbocycles. The summed E-state index contributed by atoms with van der Waals surface area (Å²) in [5.74, 6) is -0.881. The minimum Gasteiger partial charge on any atom is -0.478 e. The fourth-order valence-corrected chi connectivity index (χ4v) is 3.14. The maximum atomic E-state index is 11.1. The number of aliphatic hydroxyl groups excluding tert-OH is 1. The molecule has 0 amide bonds. The lowest BCUT2D eigenvalue weighted by Gasteiger charge is -2.31. The van der Waals surface area contributed by atoms with Gasteiger partial charge in [0.15, 0.2) is 0 Å². The fourth-order valence-electron chi connectivity index (χ4n) is 3.14. The molecule has 2 atom stereocenters. The van der Waals surface area contributed by atoms with Gasteiger partial charge in [-0.1, -0.05) is 25.0 Å². The van der Waals surface area contributed by atoms with Crippen LogP contribution in [0.4, 0.5) is 0 Å². The quantitative estimate of drug-likeness (QED) is 0.875. The number of likely N-dealkylation sites (tertiary alicyclic amines) is 1. The van der Waals surface area contributed by atoms with Crippen LogP contribution in [0.2, 0.25) is 0 Å². The van der Waals surface area contributed by atoms with Gasteiger partial charge in [0.25, 0.3) is 0 Å². The molecule has 1 aliphatic heterocycles. The molecule has 1 aromatic rings. The molecule has 1 saturated heterocycles. The van der Waals surface area contributed by atoms with Crippen LogP contribution in [-0.2, 0) is 6.54 Å². The Morgan fingerprint density at radius 1 is 1.38 bits per heavy atom. The summed E-state index contributed by atoms with van der Waals surface area (Å²) in [4.78, 5) is 13.5. The van der Waals surface area contributed by atoms with Gasteiger partial charge in [-0.2, -0.15) is 0 Å². The Bertz CT molecular complexity index is 473. The van der Waals surface area contributed by atoms with Crippen molar-refractivity contribution in [3.05, 3.63) is 35.4 Å². The second-order valence-electron chi connectivity index (χ2n) is 6.06. The van der Waals surface area contributed by atoms with Gasteiger partial charge in [-0.15, -0.1) is 0 Å². The molecule has 0 aromatic heterocycles. The van der Waals surface area contributed by atoms with Crippen molar-refractivity contribution in [2.75, 3.05) is 6.54 Å². The molecule has 116 valence electrons. The summed E-state index contributed by atoms with van der Waals surface area (Å²) in [5, 5.41) is 18.8. The Hall–Kier alpha value is -1.39. The average molecular weight is 291 g/mol. The summed E-state index contributed by atoms with van der Waals surface area (Å²) in [7, 11) is 0. The smallest absolute Gasteiger partial charge is 0.335 e. The third kappa shape index (κ3) is 4.83. The monoisotopic (exact) mass is 291 g/mol. The van der Waals surface area contributed by atoms with Gasteiger partial charge in [0, 0.05) is 12.6 Å². The molecule has 1 fully saturated rings. The molecule has 4 nitrogen and oxygen atoms in total. The minimum atomic E-state index is -0.881. The Kier molecular flexibility index (Phi) is 5.76. The van der Waals surface area contributed by atoms with E-state index in [0.717, 1.165) is 31.5 Å². The van der Waals surface area contributed by atoms with E-state index in [1.807, 2.05) is 13.0 Å². The third-order valence-corrected chi connectivity index (χ3v) is 4.17. The number of carboxylic acids is 1. The Balaban J connectivity index is 2.10. The zero-order valence-electron chi connectivity index (χ0n) is 12.7. The molecule has 2 unspecified atom stereocenters.